The summed E-state index contributed by atoms with van der Waals surface area (Å²) in [6.07, 6.45) is 9.11. The molecule has 3 N–H and O–H groups in total. The zero-order valence-corrected chi connectivity index (χ0v) is 12.5. The van der Waals surface area contributed by atoms with Crippen LogP contribution >= 0.6 is 0 Å². The van der Waals surface area contributed by atoms with Crippen LogP contribution in [0.5, 0.6) is 0 Å². The van der Waals surface area contributed by atoms with E-state index in [-0.39, 0.29) is 5.92 Å². The van der Waals surface area contributed by atoms with Gasteiger partial charge in [-0.2, -0.15) is 0 Å². The van der Waals surface area contributed by atoms with Crippen LogP contribution in [0.25, 0.3) is 0 Å². The first-order valence-corrected chi connectivity index (χ1v) is 8.12. The summed E-state index contributed by atoms with van der Waals surface area (Å²) in [5, 5.41) is 3.30. The van der Waals surface area contributed by atoms with Gasteiger partial charge in [0.15, 0.2) is 0 Å². The Hall–Kier alpha value is -0.570. The lowest BCUT2D eigenvalue weighted by molar-refractivity contribution is -0.127. The molecule has 0 aliphatic heterocycles. The van der Waals surface area contributed by atoms with Crippen LogP contribution < -0.4 is 11.1 Å². The zero-order valence-electron chi connectivity index (χ0n) is 12.5. The molecule has 2 rings (SSSR count). The Morgan fingerprint density at radius 1 is 1.05 bits per heavy atom. The van der Waals surface area contributed by atoms with Gasteiger partial charge in [0.05, 0.1) is 0 Å². The van der Waals surface area contributed by atoms with Crippen molar-refractivity contribution in [1.29, 1.82) is 0 Å². The third-order valence-corrected chi connectivity index (χ3v) is 5.21. The predicted octanol–water partition coefficient (Wildman–Crippen LogP) is 2.83. The van der Waals surface area contributed by atoms with Crippen molar-refractivity contribution < 1.29 is 4.79 Å². The van der Waals surface area contributed by atoms with Crippen LogP contribution in [0.15, 0.2) is 0 Å². The van der Waals surface area contributed by atoms with Crippen LogP contribution in [0.4, 0.5) is 0 Å². The lowest BCUT2D eigenvalue weighted by Gasteiger charge is -2.32. The Labute approximate surface area is 117 Å². The van der Waals surface area contributed by atoms with Crippen LogP contribution in [0, 0.1) is 17.8 Å². The molecule has 2 aliphatic carbocycles. The normalized spacial score (nSPS) is 40.5. The second-order valence-electron chi connectivity index (χ2n) is 6.97. The van der Waals surface area contributed by atoms with Gasteiger partial charge in [-0.05, 0) is 50.4 Å². The number of nitrogens with one attached hydrogen (secondary N) is 1. The molecule has 0 aromatic carbocycles. The maximum Gasteiger partial charge on any atom is 0.223 e. The van der Waals surface area contributed by atoms with Crippen molar-refractivity contribution in [2.75, 3.05) is 0 Å². The van der Waals surface area contributed by atoms with E-state index in [9.17, 15) is 4.79 Å². The molecular formula is C16H30N2O. The molecule has 0 aromatic rings. The van der Waals surface area contributed by atoms with E-state index in [1.807, 2.05) is 0 Å². The Morgan fingerprint density at radius 2 is 1.84 bits per heavy atom. The highest BCUT2D eigenvalue weighted by Gasteiger charge is 2.30. The molecule has 0 saturated heterocycles. The number of carbonyl (C=O) groups is 1. The molecule has 110 valence electrons. The lowest BCUT2D eigenvalue weighted by atomic mass is 9.79. The third kappa shape index (κ3) is 4.20. The van der Waals surface area contributed by atoms with E-state index in [0.717, 1.165) is 38.0 Å². The Bertz CT molecular complexity index is 305. The summed E-state index contributed by atoms with van der Waals surface area (Å²) in [6.45, 7) is 4.51. The first-order chi connectivity index (χ1) is 9.06. The molecule has 19 heavy (non-hydrogen) atoms. The van der Waals surface area contributed by atoms with E-state index >= 15 is 0 Å². The van der Waals surface area contributed by atoms with Crippen molar-refractivity contribution in [1.82, 2.24) is 5.32 Å². The maximum absolute atomic E-state index is 12.4. The SMILES string of the molecule is CC1CCCC(NC(=O)C2CCC(N)C(C)C2)CC1. The van der Waals surface area contributed by atoms with Crippen molar-refractivity contribution >= 4 is 5.91 Å². The molecule has 0 bridgehead atoms. The van der Waals surface area contributed by atoms with Crippen LogP contribution in [0.3, 0.4) is 0 Å². The number of amides is 1. The van der Waals surface area contributed by atoms with Crippen LogP contribution in [-0.2, 0) is 4.79 Å². The van der Waals surface area contributed by atoms with Gasteiger partial charge >= 0.3 is 0 Å². The predicted molar refractivity (Wildman–Crippen MR) is 78.7 cm³/mol. The molecule has 2 fully saturated rings. The highest BCUT2D eigenvalue weighted by atomic mass is 16.1. The minimum absolute atomic E-state index is 0.204. The summed E-state index contributed by atoms with van der Waals surface area (Å²) in [7, 11) is 0. The summed E-state index contributed by atoms with van der Waals surface area (Å²) in [4.78, 5) is 12.4. The van der Waals surface area contributed by atoms with Gasteiger partial charge in [-0.25, -0.2) is 0 Å². The summed E-state index contributed by atoms with van der Waals surface area (Å²) in [5.74, 6) is 1.81. The molecule has 0 radical (unpaired) electrons. The van der Waals surface area contributed by atoms with Gasteiger partial charge < -0.3 is 11.1 Å². The molecule has 3 nitrogen and oxygen atoms in total. The highest BCUT2D eigenvalue weighted by Crippen LogP contribution is 2.29. The summed E-state index contributed by atoms with van der Waals surface area (Å²) in [6, 6.07) is 0.714. The summed E-state index contributed by atoms with van der Waals surface area (Å²) in [5.41, 5.74) is 6.03. The lowest BCUT2D eigenvalue weighted by Crippen LogP contribution is -2.43. The topological polar surface area (TPSA) is 55.1 Å². The van der Waals surface area contributed by atoms with Crippen molar-refractivity contribution in [3.63, 3.8) is 0 Å². The second kappa shape index (κ2) is 6.74. The Morgan fingerprint density at radius 3 is 2.58 bits per heavy atom. The van der Waals surface area contributed by atoms with Gasteiger partial charge in [0, 0.05) is 18.0 Å². The minimum atomic E-state index is 0.204. The van der Waals surface area contributed by atoms with E-state index in [4.69, 9.17) is 5.73 Å². The minimum Gasteiger partial charge on any atom is -0.353 e. The molecule has 1 amide bonds. The number of hydrogen-bond donors (Lipinski definition) is 2. The van der Waals surface area contributed by atoms with Crippen molar-refractivity contribution in [3.8, 4) is 0 Å². The monoisotopic (exact) mass is 266 g/mol. The number of carbonyl (C=O) groups excluding carboxylic acids is 1. The molecular weight excluding hydrogens is 236 g/mol. The van der Waals surface area contributed by atoms with Crippen molar-refractivity contribution in [2.24, 2.45) is 23.5 Å². The summed E-state index contributed by atoms with van der Waals surface area (Å²) >= 11 is 0. The Balaban J connectivity index is 1.80. The summed E-state index contributed by atoms with van der Waals surface area (Å²) < 4.78 is 0. The van der Waals surface area contributed by atoms with E-state index < -0.39 is 0 Å². The smallest absolute Gasteiger partial charge is 0.223 e. The molecule has 2 saturated carbocycles. The fourth-order valence-corrected chi connectivity index (χ4v) is 3.61. The standard InChI is InChI=1S/C16H30N2O/c1-11-4-3-5-14(8-6-11)18-16(19)13-7-9-15(17)12(2)10-13/h11-15H,3-10,17H2,1-2H3,(H,18,19). The fraction of sp³-hybridized carbons (Fsp3) is 0.938. The van der Waals surface area contributed by atoms with Gasteiger partial charge in [0.1, 0.15) is 0 Å². The van der Waals surface area contributed by atoms with Crippen LogP contribution in [0.1, 0.15) is 65.2 Å². The van der Waals surface area contributed by atoms with E-state index in [1.54, 1.807) is 0 Å². The largest absolute Gasteiger partial charge is 0.353 e. The van der Waals surface area contributed by atoms with Gasteiger partial charge in [0.25, 0.3) is 0 Å². The average Bonchev–Trinajstić information content (AvgIpc) is 2.58. The van der Waals surface area contributed by atoms with Crippen molar-refractivity contribution in [3.05, 3.63) is 0 Å². The first kappa shape index (κ1) is 14.8. The van der Waals surface area contributed by atoms with E-state index in [0.29, 0.717) is 23.9 Å². The number of hydrogen-bond acceptors (Lipinski definition) is 2. The molecule has 5 unspecified atom stereocenters. The molecule has 2 aliphatic rings. The quantitative estimate of drug-likeness (QED) is 0.755. The van der Waals surface area contributed by atoms with E-state index in [2.05, 4.69) is 19.2 Å². The second-order valence-corrected chi connectivity index (χ2v) is 6.97. The fourth-order valence-electron chi connectivity index (χ4n) is 3.61. The van der Waals surface area contributed by atoms with E-state index in [1.165, 1.54) is 19.3 Å². The molecule has 0 heterocycles. The number of nitrogens with two attached hydrogens (primary N) is 1. The molecule has 3 heteroatoms. The third-order valence-electron chi connectivity index (χ3n) is 5.21. The number of rotatable bonds is 2. The maximum atomic E-state index is 12.4. The van der Waals surface area contributed by atoms with Crippen LogP contribution in [-0.4, -0.2) is 18.0 Å². The Kier molecular flexibility index (Phi) is 5.26. The zero-order chi connectivity index (χ0) is 13.8. The average molecular weight is 266 g/mol. The first-order valence-electron chi connectivity index (χ1n) is 8.12. The molecule has 0 aromatic heterocycles. The highest BCUT2D eigenvalue weighted by molar-refractivity contribution is 5.79. The van der Waals surface area contributed by atoms with Crippen molar-refractivity contribution in [2.45, 2.75) is 77.3 Å². The van der Waals surface area contributed by atoms with Crippen LogP contribution in [0.2, 0.25) is 0 Å². The van der Waals surface area contributed by atoms with Gasteiger partial charge in [-0.15, -0.1) is 0 Å². The molecule has 0 spiro atoms. The van der Waals surface area contributed by atoms with Gasteiger partial charge in [-0.1, -0.05) is 26.7 Å². The van der Waals surface area contributed by atoms with Gasteiger partial charge in [0.2, 0.25) is 5.91 Å². The molecule has 5 atom stereocenters. The van der Waals surface area contributed by atoms with Gasteiger partial charge in [-0.3, -0.25) is 4.79 Å².